The number of hydrogen-bond donors (Lipinski definition) is 1. The molecule has 0 saturated carbocycles. The van der Waals surface area contributed by atoms with Gasteiger partial charge in [0.2, 0.25) is 11.9 Å². The predicted molar refractivity (Wildman–Crippen MR) is 87.0 cm³/mol. The Hall–Kier alpha value is -2.45. The van der Waals surface area contributed by atoms with E-state index in [0.29, 0.717) is 15.7 Å². The summed E-state index contributed by atoms with van der Waals surface area (Å²) in [6.07, 6.45) is 2.14. The fourth-order valence-electron chi connectivity index (χ4n) is 1.69. The monoisotopic (exact) mass is 355 g/mol. The highest BCUT2D eigenvalue weighted by Gasteiger charge is 2.14. The van der Waals surface area contributed by atoms with Gasteiger partial charge in [0, 0.05) is 7.05 Å². The molecule has 1 aromatic heterocycles. The molecule has 0 fully saturated rings. The van der Waals surface area contributed by atoms with Crippen molar-refractivity contribution >= 4 is 46.4 Å². The molecule has 10 heteroatoms. The van der Waals surface area contributed by atoms with Crippen molar-refractivity contribution in [2.24, 2.45) is 0 Å². The summed E-state index contributed by atoms with van der Waals surface area (Å²) in [7, 11) is 1.58. The second-order valence-electron chi connectivity index (χ2n) is 4.50. The molecule has 1 aromatic carbocycles. The number of nitro groups is 1. The Morgan fingerprint density at radius 1 is 1.30 bits per heavy atom. The van der Waals surface area contributed by atoms with Crippen LogP contribution in [0.5, 0.6) is 0 Å². The van der Waals surface area contributed by atoms with Crippen LogP contribution in [0.1, 0.15) is 0 Å². The third-order valence-corrected chi connectivity index (χ3v) is 3.41. The first-order valence-corrected chi connectivity index (χ1v) is 7.05. The number of carbonyl (C=O) groups is 1. The van der Waals surface area contributed by atoms with Crippen molar-refractivity contribution in [2.45, 2.75) is 0 Å². The lowest BCUT2D eigenvalue weighted by atomic mass is 10.3. The van der Waals surface area contributed by atoms with Gasteiger partial charge in [-0.3, -0.25) is 14.9 Å². The molecule has 0 unspecified atom stereocenters. The number of aromatic nitrogens is 2. The van der Waals surface area contributed by atoms with Crippen molar-refractivity contribution in [3.05, 3.63) is 50.8 Å². The summed E-state index contributed by atoms with van der Waals surface area (Å²) >= 11 is 11.9. The lowest BCUT2D eigenvalue weighted by molar-refractivity contribution is -0.385. The van der Waals surface area contributed by atoms with Crippen LogP contribution in [-0.4, -0.2) is 34.4 Å². The summed E-state index contributed by atoms with van der Waals surface area (Å²) in [6.45, 7) is -0.0840. The number of benzene rings is 1. The minimum absolute atomic E-state index is 0.0840. The highest BCUT2D eigenvalue weighted by molar-refractivity contribution is 6.39. The number of anilines is 2. The molecule has 1 heterocycles. The molecule has 1 amide bonds. The number of nitrogens with one attached hydrogen (secondary N) is 1. The largest absolute Gasteiger partial charge is 0.335 e. The average Bonchev–Trinajstić information content (AvgIpc) is 2.51. The molecular formula is C13H11Cl2N5O3. The third kappa shape index (κ3) is 4.27. The van der Waals surface area contributed by atoms with Gasteiger partial charge < -0.3 is 10.2 Å². The number of carbonyl (C=O) groups excluding carboxylic acids is 1. The molecule has 2 aromatic rings. The zero-order chi connectivity index (χ0) is 17.0. The lowest BCUT2D eigenvalue weighted by Gasteiger charge is -2.16. The first-order chi connectivity index (χ1) is 10.9. The van der Waals surface area contributed by atoms with E-state index in [2.05, 4.69) is 15.3 Å². The van der Waals surface area contributed by atoms with Gasteiger partial charge in [-0.15, -0.1) is 0 Å². The van der Waals surface area contributed by atoms with Crippen molar-refractivity contribution in [1.29, 1.82) is 0 Å². The van der Waals surface area contributed by atoms with Gasteiger partial charge >= 0.3 is 5.69 Å². The van der Waals surface area contributed by atoms with E-state index in [4.69, 9.17) is 23.2 Å². The molecule has 0 aliphatic carbocycles. The molecule has 1 N–H and O–H groups in total. The first kappa shape index (κ1) is 16.9. The van der Waals surface area contributed by atoms with Crippen LogP contribution in [-0.2, 0) is 4.79 Å². The smallest absolute Gasteiger partial charge is 0.305 e. The van der Waals surface area contributed by atoms with Crippen molar-refractivity contribution in [3.63, 3.8) is 0 Å². The van der Waals surface area contributed by atoms with Crippen LogP contribution in [0, 0.1) is 10.1 Å². The van der Waals surface area contributed by atoms with E-state index in [0.717, 1.165) is 12.4 Å². The maximum absolute atomic E-state index is 12.0. The molecule has 0 aliphatic heterocycles. The molecule has 120 valence electrons. The second kappa shape index (κ2) is 7.21. The number of halogens is 2. The van der Waals surface area contributed by atoms with Gasteiger partial charge in [0.15, 0.2) is 0 Å². The zero-order valence-electron chi connectivity index (χ0n) is 11.9. The van der Waals surface area contributed by atoms with Gasteiger partial charge in [-0.05, 0) is 12.1 Å². The highest BCUT2D eigenvalue weighted by atomic mass is 35.5. The minimum atomic E-state index is -0.601. The normalized spacial score (nSPS) is 10.2. The van der Waals surface area contributed by atoms with Crippen LogP contribution in [0.2, 0.25) is 10.0 Å². The molecule has 0 aliphatic rings. The van der Waals surface area contributed by atoms with E-state index >= 15 is 0 Å². The molecule has 2 rings (SSSR count). The minimum Gasteiger partial charge on any atom is -0.335 e. The molecule has 8 nitrogen and oxygen atoms in total. The van der Waals surface area contributed by atoms with Crippen LogP contribution in [0.3, 0.4) is 0 Å². The average molecular weight is 356 g/mol. The van der Waals surface area contributed by atoms with Gasteiger partial charge in [-0.2, -0.15) is 0 Å². The van der Waals surface area contributed by atoms with E-state index < -0.39 is 4.92 Å². The molecule has 23 heavy (non-hydrogen) atoms. The van der Waals surface area contributed by atoms with Crippen molar-refractivity contribution in [1.82, 2.24) is 9.97 Å². The molecular weight excluding hydrogens is 345 g/mol. The fourth-order valence-corrected chi connectivity index (χ4v) is 2.18. The third-order valence-electron chi connectivity index (χ3n) is 2.78. The Kier molecular flexibility index (Phi) is 5.30. The highest BCUT2D eigenvalue weighted by Crippen LogP contribution is 2.29. The van der Waals surface area contributed by atoms with Crippen molar-refractivity contribution in [2.75, 3.05) is 23.8 Å². The van der Waals surface area contributed by atoms with Crippen LogP contribution in [0.4, 0.5) is 17.3 Å². The van der Waals surface area contributed by atoms with Gasteiger partial charge in [-0.1, -0.05) is 29.3 Å². The summed E-state index contributed by atoms with van der Waals surface area (Å²) in [4.78, 5) is 31.1. The van der Waals surface area contributed by atoms with E-state index in [1.807, 2.05) is 0 Å². The van der Waals surface area contributed by atoms with Gasteiger partial charge in [0.1, 0.15) is 12.4 Å². The molecule has 0 atom stereocenters. The summed E-state index contributed by atoms with van der Waals surface area (Å²) in [5, 5.41) is 13.8. The quantitative estimate of drug-likeness (QED) is 0.653. The first-order valence-electron chi connectivity index (χ1n) is 6.30. The van der Waals surface area contributed by atoms with Gasteiger partial charge in [-0.25, -0.2) is 9.97 Å². The Morgan fingerprint density at radius 3 is 2.39 bits per heavy atom. The van der Waals surface area contributed by atoms with Gasteiger partial charge in [0.25, 0.3) is 0 Å². The number of amides is 1. The maximum atomic E-state index is 12.0. The van der Waals surface area contributed by atoms with Crippen molar-refractivity contribution in [3.8, 4) is 0 Å². The van der Waals surface area contributed by atoms with Crippen LogP contribution >= 0.6 is 23.2 Å². The van der Waals surface area contributed by atoms with Crippen LogP contribution in [0.25, 0.3) is 0 Å². The SMILES string of the molecule is CN(CC(=O)Nc1c(Cl)cccc1Cl)c1ncc([N+](=O)[O-])cn1. The number of nitrogens with zero attached hydrogens (tertiary/aromatic N) is 4. The molecule has 0 bridgehead atoms. The van der Waals surface area contributed by atoms with Crippen LogP contribution < -0.4 is 10.2 Å². The molecule has 0 radical (unpaired) electrons. The van der Waals surface area contributed by atoms with Crippen molar-refractivity contribution < 1.29 is 9.72 Å². The number of likely N-dealkylation sites (N-methyl/N-ethyl adjacent to an activating group) is 1. The summed E-state index contributed by atoms with van der Waals surface area (Å²) in [5.74, 6) is -0.208. The second-order valence-corrected chi connectivity index (χ2v) is 5.31. The Labute approximate surface area is 141 Å². The summed E-state index contributed by atoms with van der Waals surface area (Å²) in [6, 6.07) is 4.87. The van der Waals surface area contributed by atoms with E-state index in [1.54, 1.807) is 25.2 Å². The van der Waals surface area contributed by atoms with E-state index in [9.17, 15) is 14.9 Å². The fraction of sp³-hybridized carbons (Fsp3) is 0.154. The Balaban J connectivity index is 2.03. The van der Waals surface area contributed by atoms with E-state index in [1.165, 1.54) is 4.90 Å². The topological polar surface area (TPSA) is 101 Å². The summed E-state index contributed by atoms with van der Waals surface area (Å²) in [5.41, 5.74) is 0.0910. The predicted octanol–water partition coefficient (Wildman–Crippen LogP) is 2.77. The number of hydrogen-bond acceptors (Lipinski definition) is 6. The Bertz CT molecular complexity index is 719. The number of para-hydroxylation sites is 1. The zero-order valence-corrected chi connectivity index (χ0v) is 13.4. The lowest BCUT2D eigenvalue weighted by Crippen LogP contribution is -2.31. The van der Waals surface area contributed by atoms with E-state index in [-0.39, 0.29) is 24.1 Å². The molecule has 0 saturated heterocycles. The standard InChI is InChI=1S/C13H11Cl2N5O3/c1-19(13-16-5-8(6-17-13)20(22)23)7-11(21)18-12-9(14)3-2-4-10(12)15/h2-6H,7H2,1H3,(H,18,21). The number of rotatable bonds is 5. The Morgan fingerprint density at radius 2 is 1.87 bits per heavy atom. The maximum Gasteiger partial charge on any atom is 0.305 e. The van der Waals surface area contributed by atoms with Gasteiger partial charge in [0.05, 0.1) is 27.2 Å². The van der Waals surface area contributed by atoms with Crippen LogP contribution in [0.15, 0.2) is 30.6 Å². The molecule has 0 spiro atoms. The summed E-state index contributed by atoms with van der Waals surface area (Å²) < 4.78 is 0.